The third kappa shape index (κ3) is 3.41. The summed E-state index contributed by atoms with van der Waals surface area (Å²) in [4.78, 5) is 7.34. The highest BCUT2D eigenvalue weighted by atomic mass is 79.9. The quantitative estimate of drug-likeness (QED) is 0.682. The van der Waals surface area contributed by atoms with Crippen LogP contribution in [0.3, 0.4) is 0 Å². The molecule has 3 aromatic rings. The Morgan fingerprint density at radius 3 is 2.46 bits per heavy atom. The number of nitrogens with zero attached hydrogens (tertiary/aromatic N) is 2. The number of halogens is 2. The first-order valence-corrected chi connectivity index (χ1v) is 8.72. The molecule has 0 aliphatic carbocycles. The van der Waals surface area contributed by atoms with E-state index in [1.807, 2.05) is 6.07 Å². The van der Waals surface area contributed by atoms with Crippen LogP contribution in [0.2, 0.25) is 0 Å². The lowest BCUT2D eigenvalue weighted by molar-refractivity contribution is 0.590. The Kier molecular flexibility index (Phi) is 5.39. The Hall–Kier alpha value is -1.62. The number of nitrogens with one attached hydrogen (secondary N) is 1. The van der Waals surface area contributed by atoms with Crippen LogP contribution in [0.15, 0.2) is 59.1 Å². The maximum atomic E-state index is 4.88. The fourth-order valence-electron chi connectivity index (χ4n) is 3.10. The van der Waals surface area contributed by atoms with Gasteiger partial charge in [-0.15, -0.1) is 12.4 Å². The molecule has 0 amide bonds. The van der Waals surface area contributed by atoms with Gasteiger partial charge in [-0.3, -0.25) is 0 Å². The van der Waals surface area contributed by atoms with Gasteiger partial charge in [-0.2, -0.15) is 0 Å². The van der Waals surface area contributed by atoms with Gasteiger partial charge in [0.05, 0.1) is 11.2 Å². The number of rotatable bonds is 2. The summed E-state index contributed by atoms with van der Waals surface area (Å²) in [7, 11) is 0. The summed E-state index contributed by atoms with van der Waals surface area (Å²) in [6.45, 7) is 4.11. The van der Waals surface area contributed by atoms with Gasteiger partial charge in [-0.05, 0) is 24.3 Å². The first kappa shape index (κ1) is 17.2. The van der Waals surface area contributed by atoms with Crippen molar-refractivity contribution in [1.29, 1.82) is 0 Å². The second-order valence-corrected chi connectivity index (χ2v) is 6.71. The second-order valence-electron chi connectivity index (χ2n) is 5.79. The normalized spacial score (nSPS) is 14.5. The van der Waals surface area contributed by atoms with E-state index >= 15 is 0 Å². The Labute approximate surface area is 156 Å². The Morgan fingerprint density at radius 1 is 0.958 bits per heavy atom. The number of hydrogen-bond acceptors (Lipinski definition) is 3. The van der Waals surface area contributed by atoms with Crippen LogP contribution >= 0.6 is 28.3 Å². The number of benzene rings is 2. The average Bonchev–Trinajstić information content (AvgIpc) is 2.62. The van der Waals surface area contributed by atoms with Crippen molar-refractivity contribution >= 4 is 44.9 Å². The summed E-state index contributed by atoms with van der Waals surface area (Å²) >= 11 is 3.60. The van der Waals surface area contributed by atoms with E-state index in [2.05, 4.69) is 74.7 Å². The number of aromatic nitrogens is 1. The average molecular weight is 405 g/mol. The van der Waals surface area contributed by atoms with E-state index in [0.717, 1.165) is 47.4 Å². The van der Waals surface area contributed by atoms with Gasteiger partial charge in [0, 0.05) is 47.3 Å². The molecule has 0 spiro atoms. The molecule has 0 saturated carbocycles. The van der Waals surface area contributed by atoms with Crippen molar-refractivity contribution in [2.24, 2.45) is 0 Å². The zero-order chi connectivity index (χ0) is 15.6. The molecule has 1 N–H and O–H groups in total. The molecule has 1 saturated heterocycles. The van der Waals surface area contributed by atoms with Crippen molar-refractivity contribution in [3.05, 3.63) is 59.1 Å². The minimum atomic E-state index is 0. The first-order valence-electron chi connectivity index (χ1n) is 7.93. The lowest BCUT2D eigenvalue weighted by Gasteiger charge is -2.30. The van der Waals surface area contributed by atoms with Crippen LogP contribution in [0.1, 0.15) is 0 Å². The van der Waals surface area contributed by atoms with Gasteiger partial charge in [-0.25, -0.2) is 4.98 Å². The predicted octanol–water partition coefficient (Wildman–Crippen LogP) is 4.50. The molecule has 0 atom stereocenters. The molecule has 4 rings (SSSR count). The van der Waals surface area contributed by atoms with Crippen molar-refractivity contribution in [3.63, 3.8) is 0 Å². The monoisotopic (exact) mass is 403 g/mol. The smallest absolute Gasteiger partial charge is 0.0731 e. The molecule has 1 aromatic heterocycles. The third-order valence-corrected chi connectivity index (χ3v) is 4.77. The molecule has 24 heavy (non-hydrogen) atoms. The highest BCUT2D eigenvalue weighted by Gasteiger charge is 2.16. The predicted molar refractivity (Wildman–Crippen MR) is 107 cm³/mol. The summed E-state index contributed by atoms with van der Waals surface area (Å²) in [5, 5.41) is 4.63. The zero-order valence-electron chi connectivity index (χ0n) is 13.2. The van der Waals surface area contributed by atoms with Crippen molar-refractivity contribution in [2.45, 2.75) is 0 Å². The lowest BCUT2D eigenvalue weighted by atomic mass is 10.1. The largest absolute Gasteiger partial charge is 0.368 e. The van der Waals surface area contributed by atoms with Gasteiger partial charge in [0.25, 0.3) is 0 Å². The zero-order valence-corrected chi connectivity index (χ0v) is 15.6. The van der Waals surface area contributed by atoms with E-state index in [4.69, 9.17) is 4.98 Å². The van der Waals surface area contributed by atoms with Crippen molar-refractivity contribution < 1.29 is 0 Å². The molecular formula is C19H19BrClN3. The minimum absolute atomic E-state index is 0. The second kappa shape index (κ2) is 7.51. The van der Waals surface area contributed by atoms with Crippen LogP contribution < -0.4 is 10.2 Å². The van der Waals surface area contributed by atoms with Gasteiger partial charge in [-0.1, -0.05) is 46.3 Å². The maximum absolute atomic E-state index is 4.88. The molecule has 5 heteroatoms. The molecular weight excluding hydrogens is 386 g/mol. The highest BCUT2D eigenvalue weighted by molar-refractivity contribution is 9.10. The topological polar surface area (TPSA) is 28.2 Å². The highest BCUT2D eigenvalue weighted by Crippen LogP contribution is 2.32. The van der Waals surface area contributed by atoms with E-state index < -0.39 is 0 Å². The molecule has 0 unspecified atom stereocenters. The molecule has 2 aromatic carbocycles. The van der Waals surface area contributed by atoms with Crippen molar-refractivity contribution in [1.82, 2.24) is 10.3 Å². The Morgan fingerprint density at radius 2 is 1.71 bits per heavy atom. The summed E-state index contributed by atoms with van der Waals surface area (Å²) in [5.74, 6) is 0. The number of anilines is 1. The molecule has 0 radical (unpaired) electrons. The number of fused-ring (bicyclic) bond motifs is 1. The van der Waals surface area contributed by atoms with Crippen LogP contribution in [0, 0.1) is 0 Å². The van der Waals surface area contributed by atoms with Gasteiger partial charge in [0.2, 0.25) is 0 Å². The maximum Gasteiger partial charge on any atom is 0.0731 e. The molecule has 1 aliphatic heterocycles. The lowest BCUT2D eigenvalue weighted by Crippen LogP contribution is -2.43. The Balaban J connectivity index is 0.00000169. The minimum Gasteiger partial charge on any atom is -0.368 e. The van der Waals surface area contributed by atoms with Crippen molar-refractivity contribution in [2.75, 3.05) is 31.1 Å². The molecule has 124 valence electrons. The van der Waals surface area contributed by atoms with E-state index in [0.29, 0.717) is 0 Å². The Bertz CT molecular complexity index is 833. The van der Waals surface area contributed by atoms with E-state index in [-0.39, 0.29) is 12.4 Å². The molecule has 0 bridgehead atoms. The van der Waals surface area contributed by atoms with E-state index in [1.54, 1.807) is 0 Å². The molecule has 2 heterocycles. The number of piperazine rings is 1. The fourth-order valence-corrected chi connectivity index (χ4v) is 3.47. The third-order valence-electron chi connectivity index (χ3n) is 4.28. The summed E-state index contributed by atoms with van der Waals surface area (Å²) in [5.41, 5.74) is 4.52. The van der Waals surface area contributed by atoms with E-state index in [9.17, 15) is 0 Å². The molecule has 1 aliphatic rings. The van der Waals surface area contributed by atoms with Gasteiger partial charge >= 0.3 is 0 Å². The molecule has 3 nitrogen and oxygen atoms in total. The van der Waals surface area contributed by atoms with Crippen LogP contribution in [-0.2, 0) is 0 Å². The molecule has 1 fully saturated rings. The van der Waals surface area contributed by atoms with E-state index in [1.165, 1.54) is 11.1 Å². The van der Waals surface area contributed by atoms with Crippen LogP contribution in [0.4, 0.5) is 5.69 Å². The first-order chi connectivity index (χ1) is 11.3. The van der Waals surface area contributed by atoms with Gasteiger partial charge in [0.1, 0.15) is 0 Å². The van der Waals surface area contributed by atoms with Gasteiger partial charge in [0.15, 0.2) is 0 Å². The standard InChI is InChI=1S/C19H18BrN3.ClH/c20-15-6-7-17-16(12-15)19(23-10-8-21-9-11-23)13-18(22-17)14-4-2-1-3-5-14;/h1-7,12-13,21H,8-11H2;1H. The van der Waals surface area contributed by atoms with Crippen LogP contribution in [0.25, 0.3) is 22.2 Å². The van der Waals surface area contributed by atoms with Gasteiger partial charge < -0.3 is 10.2 Å². The fraction of sp³-hybridized carbons (Fsp3) is 0.211. The summed E-state index contributed by atoms with van der Waals surface area (Å²) in [6, 6.07) is 19.0. The summed E-state index contributed by atoms with van der Waals surface area (Å²) in [6.07, 6.45) is 0. The van der Waals surface area contributed by atoms with Crippen molar-refractivity contribution in [3.8, 4) is 11.3 Å². The van der Waals surface area contributed by atoms with Crippen LogP contribution in [-0.4, -0.2) is 31.2 Å². The SMILES string of the molecule is Brc1ccc2nc(-c3ccccc3)cc(N3CCNCC3)c2c1.Cl. The number of pyridine rings is 1. The summed E-state index contributed by atoms with van der Waals surface area (Å²) < 4.78 is 1.09. The van der Waals surface area contributed by atoms with Crippen LogP contribution in [0.5, 0.6) is 0 Å². The number of hydrogen-bond donors (Lipinski definition) is 1.